The number of anilines is 1. The van der Waals surface area contributed by atoms with Gasteiger partial charge in [0.05, 0.1) is 17.3 Å². The van der Waals surface area contributed by atoms with Crippen molar-refractivity contribution in [2.75, 3.05) is 12.8 Å². The highest BCUT2D eigenvalue weighted by Gasteiger charge is 2.15. The lowest BCUT2D eigenvalue weighted by Gasteiger charge is -2.07. The molecule has 5 heteroatoms. The standard InChI is InChI=1S/C7H7BrFNO2/c1-12-7-3(8)2-4(10)6(11)5(7)9/h2,11H,10H2,1H3. The van der Waals surface area contributed by atoms with E-state index in [0.29, 0.717) is 4.47 Å². The van der Waals surface area contributed by atoms with Crippen molar-refractivity contribution in [3.8, 4) is 11.5 Å². The monoisotopic (exact) mass is 235 g/mol. The highest BCUT2D eigenvalue weighted by molar-refractivity contribution is 9.10. The lowest BCUT2D eigenvalue weighted by Crippen LogP contribution is -1.94. The molecule has 3 nitrogen and oxygen atoms in total. The van der Waals surface area contributed by atoms with Gasteiger partial charge in [-0.1, -0.05) is 0 Å². The summed E-state index contributed by atoms with van der Waals surface area (Å²) < 4.78 is 18.1. The molecule has 0 heterocycles. The molecule has 0 atom stereocenters. The van der Waals surface area contributed by atoms with E-state index >= 15 is 0 Å². The van der Waals surface area contributed by atoms with Crippen LogP contribution in [0.4, 0.5) is 10.1 Å². The van der Waals surface area contributed by atoms with E-state index in [4.69, 9.17) is 10.8 Å². The maximum Gasteiger partial charge on any atom is 0.209 e. The summed E-state index contributed by atoms with van der Waals surface area (Å²) in [5, 5.41) is 9.04. The van der Waals surface area contributed by atoms with Gasteiger partial charge in [-0.25, -0.2) is 0 Å². The van der Waals surface area contributed by atoms with Crippen LogP contribution >= 0.6 is 15.9 Å². The number of aromatic hydroxyl groups is 1. The van der Waals surface area contributed by atoms with Crippen molar-refractivity contribution in [3.63, 3.8) is 0 Å². The number of halogens is 2. The average molecular weight is 236 g/mol. The molecule has 3 N–H and O–H groups in total. The first-order valence-electron chi connectivity index (χ1n) is 3.08. The number of benzene rings is 1. The van der Waals surface area contributed by atoms with E-state index in [2.05, 4.69) is 20.7 Å². The molecule has 0 saturated heterocycles. The first-order valence-corrected chi connectivity index (χ1v) is 3.87. The summed E-state index contributed by atoms with van der Waals surface area (Å²) in [5.74, 6) is -1.50. The summed E-state index contributed by atoms with van der Waals surface area (Å²) in [6.07, 6.45) is 0. The fraction of sp³-hybridized carbons (Fsp3) is 0.143. The Hall–Kier alpha value is -0.970. The van der Waals surface area contributed by atoms with Gasteiger partial charge in [0.25, 0.3) is 0 Å². The molecule has 0 unspecified atom stereocenters. The molecule has 1 aromatic rings. The molecule has 0 saturated carbocycles. The maximum absolute atomic E-state index is 13.0. The fourth-order valence-electron chi connectivity index (χ4n) is 0.797. The second kappa shape index (κ2) is 3.18. The molecule has 0 aliphatic heterocycles. The van der Waals surface area contributed by atoms with Gasteiger partial charge in [-0.3, -0.25) is 0 Å². The van der Waals surface area contributed by atoms with Crippen molar-refractivity contribution < 1.29 is 14.2 Å². The van der Waals surface area contributed by atoms with Crippen molar-refractivity contribution in [2.24, 2.45) is 0 Å². The topological polar surface area (TPSA) is 55.5 Å². The molecule has 66 valence electrons. The summed E-state index contributed by atoms with van der Waals surface area (Å²) in [7, 11) is 1.30. The summed E-state index contributed by atoms with van der Waals surface area (Å²) in [5.41, 5.74) is 5.24. The van der Waals surface area contributed by atoms with Crippen molar-refractivity contribution in [1.29, 1.82) is 0 Å². The minimum Gasteiger partial charge on any atom is -0.503 e. The predicted octanol–water partition coefficient (Wildman–Crippen LogP) is 1.88. The Morgan fingerprint density at radius 1 is 1.67 bits per heavy atom. The van der Waals surface area contributed by atoms with Crippen molar-refractivity contribution in [2.45, 2.75) is 0 Å². The molecule has 1 rings (SSSR count). The SMILES string of the molecule is COc1c(Br)cc(N)c(O)c1F. The number of nitrogens with two attached hydrogens (primary N) is 1. The number of phenolic OH excluding ortho intramolecular Hbond substituents is 1. The van der Waals surface area contributed by atoms with Crippen molar-refractivity contribution in [3.05, 3.63) is 16.4 Å². The van der Waals surface area contributed by atoms with Crippen LogP contribution in [0, 0.1) is 5.82 Å². The van der Waals surface area contributed by atoms with Crippen LogP contribution in [0.1, 0.15) is 0 Å². The van der Waals surface area contributed by atoms with E-state index in [1.165, 1.54) is 13.2 Å². The molecular weight excluding hydrogens is 229 g/mol. The summed E-state index contributed by atoms with van der Waals surface area (Å²) >= 11 is 3.04. The fourth-order valence-corrected chi connectivity index (χ4v) is 1.38. The smallest absolute Gasteiger partial charge is 0.209 e. The third kappa shape index (κ3) is 1.32. The van der Waals surface area contributed by atoms with Crippen LogP contribution < -0.4 is 10.5 Å². The maximum atomic E-state index is 13.0. The average Bonchev–Trinajstić information content (AvgIpc) is 2.01. The zero-order valence-electron chi connectivity index (χ0n) is 6.27. The zero-order chi connectivity index (χ0) is 9.30. The molecule has 12 heavy (non-hydrogen) atoms. The molecule has 0 aromatic heterocycles. The highest BCUT2D eigenvalue weighted by atomic mass is 79.9. The van der Waals surface area contributed by atoms with Crippen LogP contribution in [0.5, 0.6) is 11.5 Å². The largest absolute Gasteiger partial charge is 0.503 e. The van der Waals surface area contributed by atoms with E-state index in [1.54, 1.807) is 0 Å². The summed E-state index contributed by atoms with van der Waals surface area (Å²) in [6.45, 7) is 0. The van der Waals surface area contributed by atoms with E-state index in [0.717, 1.165) is 0 Å². The summed E-state index contributed by atoms with van der Waals surface area (Å²) in [4.78, 5) is 0. The Kier molecular flexibility index (Phi) is 2.42. The molecule has 0 aliphatic carbocycles. The third-order valence-corrected chi connectivity index (χ3v) is 1.97. The first kappa shape index (κ1) is 9.12. The Labute approximate surface area is 77.1 Å². The van der Waals surface area contributed by atoms with Crippen molar-refractivity contribution >= 4 is 21.6 Å². The van der Waals surface area contributed by atoms with E-state index in [9.17, 15) is 4.39 Å². The second-order valence-corrected chi connectivity index (χ2v) is 3.00. The number of methoxy groups -OCH3 is 1. The van der Waals surface area contributed by atoms with Crippen LogP contribution in [0.25, 0.3) is 0 Å². The van der Waals surface area contributed by atoms with Crippen LogP contribution in [-0.2, 0) is 0 Å². The van der Waals surface area contributed by atoms with Gasteiger partial charge >= 0.3 is 0 Å². The van der Waals surface area contributed by atoms with E-state index in [1.807, 2.05) is 0 Å². The normalized spacial score (nSPS) is 9.92. The number of nitrogen functional groups attached to an aromatic ring is 1. The van der Waals surface area contributed by atoms with Crippen LogP contribution in [-0.4, -0.2) is 12.2 Å². The number of phenols is 1. The quantitative estimate of drug-likeness (QED) is 0.578. The number of ether oxygens (including phenoxy) is 1. The first-order chi connectivity index (χ1) is 5.57. The Bertz CT molecular complexity index is 317. The van der Waals surface area contributed by atoms with Gasteiger partial charge in [0, 0.05) is 0 Å². The van der Waals surface area contributed by atoms with Gasteiger partial charge in [-0.05, 0) is 22.0 Å². The minimum absolute atomic E-state index is 0.0276. The van der Waals surface area contributed by atoms with Gasteiger partial charge in [-0.2, -0.15) is 4.39 Å². The van der Waals surface area contributed by atoms with Crippen LogP contribution in [0.2, 0.25) is 0 Å². The lowest BCUT2D eigenvalue weighted by atomic mass is 10.2. The molecule has 0 amide bonds. The Morgan fingerprint density at radius 2 is 2.25 bits per heavy atom. The van der Waals surface area contributed by atoms with Gasteiger partial charge in [0.1, 0.15) is 0 Å². The minimum atomic E-state index is -0.857. The molecule has 1 aromatic carbocycles. The van der Waals surface area contributed by atoms with Crippen LogP contribution in [0.15, 0.2) is 10.5 Å². The molecule has 0 aliphatic rings. The Balaban J connectivity index is 3.40. The zero-order valence-corrected chi connectivity index (χ0v) is 7.85. The summed E-state index contributed by atoms with van der Waals surface area (Å²) in [6, 6.07) is 1.37. The van der Waals surface area contributed by atoms with E-state index in [-0.39, 0.29) is 11.4 Å². The number of hydrogen-bond donors (Lipinski definition) is 2. The number of hydrogen-bond acceptors (Lipinski definition) is 3. The molecule has 0 bridgehead atoms. The molecule has 0 radical (unpaired) electrons. The van der Waals surface area contributed by atoms with Gasteiger partial charge in [-0.15, -0.1) is 0 Å². The highest BCUT2D eigenvalue weighted by Crippen LogP contribution is 2.37. The lowest BCUT2D eigenvalue weighted by molar-refractivity contribution is 0.363. The Morgan fingerprint density at radius 3 is 2.75 bits per heavy atom. The second-order valence-electron chi connectivity index (χ2n) is 2.14. The van der Waals surface area contributed by atoms with Gasteiger partial charge in [0.2, 0.25) is 5.82 Å². The van der Waals surface area contributed by atoms with Gasteiger partial charge in [0.15, 0.2) is 11.5 Å². The third-order valence-electron chi connectivity index (χ3n) is 1.38. The van der Waals surface area contributed by atoms with Crippen molar-refractivity contribution in [1.82, 2.24) is 0 Å². The predicted molar refractivity (Wildman–Crippen MR) is 46.7 cm³/mol. The molecular formula is C7H7BrFNO2. The molecule has 0 fully saturated rings. The van der Waals surface area contributed by atoms with Crippen LogP contribution in [0.3, 0.4) is 0 Å². The van der Waals surface area contributed by atoms with Gasteiger partial charge < -0.3 is 15.6 Å². The van der Waals surface area contributed by atoms with E-state index < -0.39 is 11.6 Å². The molecule has 0 spiro atoms. The number of rotatable bonds is 1.